The van der Waals surface area contributed by atoms with E-state index in [1.165, 1.54) is 12.8 Å². The summed E-state index contributed by atoms with van der Waals surface area (Å²) in [6.07, 6.45) is 6.22. The van der Waals surface area contributed by atoms with E-state index in [4.69, 9.17) is 9.47 Å². The minimum atomic E-state index is -0.668. The van der Waals surface area contributed by atoms with Crippen LogP contribution >= 0.6 is 0 Å². The van der Waals surface area contributed by atoms with Crippen LogP contribution in [0.2, 0.25) is 0 Å². The minimum Gasteiger partial charge on any atom is -0.491 e. The Morgan fingerprint density at radius 1 is 1.13 bits per heavy atom. The number of benzene rings is 1. The van der Waals surface area contributed by atoms with Crippen molar-refractivity contribution in [3.8, 4) is 5.75 Å². The number of nitrogens with one attached hydrogen (secondary N) is 1. The zero-order valence-corrected chi connectivity index (χ0v) is 14.6. The van der Waals surface area contributed by atoms with Crippen LogP contribution in [-0.2, 0) is 9.53 Å². The van der Waals surface area contributed by atoms with Crippen LogP contribution in [0.3, 0.4) is 0 Å². The Morgan fingerprint density at radius 3 is 2.26 bits per heavy atom. The molecule has 4 heteroatoms. The average molecular weight is 319 g/mol. The van der Waals surface area contributed by atoms with Gasteiger partial charge in [0.25, 0.3) is 5.91 Å². The first-order valence-electron chi connectivity index (χ1n) is 8.78. The number of rotatable bonds is 6. The highest BCUT2D eigenvalue weighted by molar-refractivity contribution is 5.97. The third-order valence-corrected chi connectivity index (χ3v) is 4.23. The smallest absolute Gasteiger partial charge is 0.256 e. The summed E-state index contributed by atoms with van der Waals surface area (Å²) >= 11 is 0. The van der Waals surface area contributed by atoms with Gasteiger partial charge in [-0.15, -0.1) is 0 Å². The second-order valence-electron chi connectivity index (χ2n) is 6.49. The quantitative estimate of drug-likeness (QED) is 0.783. The topological polar surface area (TPSA) is 47.6 Å². The molecule has 1 fully saturated rings. The molecule has 0 unspecified atom stereocenters. The lowest BCUT2D eigenvalue weighted by atomic mass is 9.93. The van der Waals surface area contributed by atoms with E-state index in [2.05, 4.69) is 5.32 Å². The Labute approximate surface area is 139 Å². The zero-order valence-electron chi connectivity index (χ0n) is 14.6. The van der Waals surface area contributed by atoms with Crippen molar-refractivity contribution in [2.24, 2.45) is 0 Å². The first kappa shape index (κ1) is 17.8. The standard InChI is InChI=1S/C19H29NO3/c1-4-22-19(13-7-5-6-8-14-19)18(21)20-16-9-11-17(12-10-16)23-15(2)3/h9-12,15H,4-8,13-14H2,1-3H3,(H,20,21). The van der Waals surface area contributed by atoms with Gasteiger partial charge in [0, 0.05) is 12.3 Å². The molecule has 128 valence electrons. The summed E-state index contributed by atoms with van der Waals surface area (Å²) < 4.78 is 11.6. The molecule has 0 radical (unpaired) electrons. The minimum absolute atomic E-state index is 0.0150. The van der Waals surface area contributed by atoms with Gasteiger partial charge in [0.05, 0.1) is 6.10 Å². The number of carbonyl (C=O) groups is 1. The van der Waals surface area contributed by atoms with Gasteiger partial charge >= 0.3 is 0 Å². The number of hydrogen-bond donors (Lipinski definition) is 1. The predicted molar refractivity (Wildman–Crippen MR) is 92.9 cm³/mol. The van der Waals surface area contributed by atoms with Gasteiger partial charge in [-0.2, -0.15) is 0 Å². The molecule has 0 heterocycles. The summed E-state index contributed by atoms with van der Waals surface area (Å²) in [5.41, 5.74) is 0.118. The van der Waals surface area contributed by atoms with E-state index in [0.717, 1.165) is 37.1 Å². The maximum absolute atomic E-state index is 12.8. The highest BCUT2D eigenvalue weighted by Crippen LogP contribution is 2.32. The molecule has 0 saturated heterocycles. The Morgan fingerprint density at radius 2 is 1.74 bits per heavy atom. The van der Waals surface area contributed by atoms with E-state index in [1.807, 2.05) is 45.0 Å². The molecule has 1 amide bonds. The highest BCUT2D eigenvalue weighted by Gasteiger charge is 2.39. The lowest BCUT2D eigenvalue weighted by molar-refractivity contribution is -0.143. The van der Waals surface area contributed by atoms with Crippen LogP contribution in [0, 0.1) is 0 Å². The van der Waals surface area contributed by atoms with Crippen molar-refractivity contribution in [3.63, 3.8) is 0 Å². The maximum atomic E-state index is 12.8. The lowest BCUT2D eigenvalue weighted by Crippen LogP contribution is -2.45. The van der Waals surface area contributed by atoms with Crippen molar-refractivity contribution in [2.75, 3.05) is 11.9 Å². The molecule has 0 spiro atoms. The van der Waals surface area contributed by atoms with Crippen LogP contribution in [0.25, 0.3) is 0 Å². The zero-order chi connectivity index (χ0) is 16.7. The van der Waals surface area contributed by atoms with Crippen LogP contribution in [-0.4, -0.2) is 24.2 Å². The van der Waals surface area contributed by atoms with Gasteiger partial charge in [-0.3, -0.25) is 4.79 Å². The monoisotopic (exact) mass is 319 g/mol. The molecule has 1 aromatic carbocycles. The fourth-order valence-electron chi connectivity index (χ4n) is 3.15. The molecule has 0 atom stereocenters. The Hall–Kier alpha value is -1.55. The summed E-state index contributed by atoms with van der Waals surface area (Å²) in [4.78, 5) is 12.8. The van der Waals surface area contributed by atoms with E-state index >= 15 is 0 Å². The van der Waals surface area contributed by atoms with Crippen molar-refractivity contribution in [1.29, 1.82) is 0 Å². The van der Waals surface area contributed by atoms with E-state index < -0.39 is 5.60 Å². The second-order valence-corrected chi connectivity index (χ2v) is 6.49. The van der Waals surface area contributed by atoms with Gasteiger partial charge < -0.3 is 14.8 Å². The number of hydrogen-bond acceptors (Lipinski definition) is 3. The number of ether oxygens (including phenoxy) is 2. The Balaban J connectivity index is 2.05. The number of anilines is 1. The number of amides is 1. The summed E-state index contributed by atoms with van der Waals surface area (Å²) in [5.74, 6) is 0.797. The largest absolute Gasteiger partial charge is 0.491 e. The third kappa shape index (κ3) is 4.96. The van der Waals surface area contributed by atoms with Gasteiger partial charge in [-0.05, 0) is 57.9 Å². The van der Waals surface area contributed by atoms with E-state index in [0.29, 0.717) is 6.61 Å². The molecule has 1 aliphatic rings. The van der Waals surface area contributed by atoms with Gasteiger partial charge in [-0.1, -0.05) is 25.7 Å². The molecule has 1 aliphatic carbocycles. The van der Waals surface area contributed by atoms with Gasteiger partial charge in [0.2, 0.25) is 0 Å². The molecule has 0 bridgehead atoms. The van der Waals surface area contributed by atoms with Crippen molar-refractivity contribution in [3.05, 3.63) is 24.3 Å². The second kappa shape index (κ2) is 8.34. The SMILES string of the molecule is CCOC1(C(=O)Nc2ccc(OC(C)C)cc2)CCCCCC1. The average Bonchev–Trinajstić information content (AvgIpc) is 2.76. The molecule has 1 N–H and O–H groups in total. The van der Waals surface area contributed by atoms with Crippen LogP contribution in [0.5, 0.6) is 5.75 Å². The molecule has 4 nitrogen and oxygen atoms in total. The summed E-state index contributed by atoms with van der Waals surface area (Å²) in [7, 11) is 0. The normalized spacial score (nSPS) is 17.6. The van der Waals surface area contributed by atoms with Crippen LogP contribution < -0.4 is 10.1 Å². The first-order valence-corrected chi connectivity index (χ1v) is 8.78. The summed E-state index contributed by atoms with van der Waals surface area (Å²) in [5, 5.41) is 3.03. The summed E-state index contributed by atoms with van der Waals surface area (Å²) in [6, 6.07) is 7.53. The highest BCUT2D eigenvalue weighted by atomic mass is 16.5. The van der Waals surface area contributed by atoms with Crippen LogP contribution in [0.4, 0.5) is 5.69 Å². The molecule has 1 saturated carbocycles. The molecule has 2 rings (SSSR count). The van der Waals surface area contributed by atoms with E-state index in [9.17, 15) is 4.79 Å². The fourth-order valence-corrected chi connectivity index (χ4v) is 3.15. The molecular formula is C19H29NO3. The molecular weight excluding hydrogens is 290 g/mol. The Bertz CT molecular complexity index is 488. The molecule has 23 heavy (non-hydrogen) atoms. The number of carbonyl (C=O) groups excluding carboxylic acids is 1. The first-order chi connectivity index (χ1) is 11.1. The molecule has 0 aromatic heterocycles. The fraction of sp³-hybridized carbons (Fsp3) is 0.632. The molecule has 1 aromatic rings. The predicted octanol–water partition coefficient (Wildman–Crippen LogP) is 4.54. The maximum Gasteiger partial charge on any atom is 0.256 e. The van der Waals surface area contributed by atoms with Crippen molar-refractivity contribution in [1.82, 2.24) is 0 Å². The van der Waals surface area contributed by atoms with Crippen molar-refractivity contribution >= 4 is 11.6 Å². The molecule has 0 aliphatic heterocycles. The van der Waals surface area contributed by atoms with Gasteiger partial charge in [0.15, 0.2) is 0 Å². The van der Waals surface area contributed by atoms with Crippen molar-refractivity contribution < 1.29 is 14.3 Å². The van der Waals surface area contributed by atoms with Gasteiger partial charge in [-0.25, -0.2) is 0 Å². The van der Waals surface area contributed by atoms with Crippen molar-refractivity contribution in [2.45, 2.75) is 71.0 Å². The van der Waals surface area contributed by atoms with Gasteiger partial charge in [0.1, 0.15) is 11.4 Å². The van der Waals surface area contributed by atoms with E-state index in [-0.39, 0.29) is 12.0 Å². The Kier molecular flexibility index (Phi) is 6.46. The van der Waals surface area contributed by atoms with E-state index in [1.54, 1.807) is 0 Å². The lowest BCUT2D eigenvalue weighted by Gasteiger charge is -2.31. The summed E-state index contributed by atoms with van der Waals surface area (Å²) in [6.45, 7) is 6.51. The van der Waals surface area contributed by atoms with Crippen LogP contribution in [0.1, 0.15) is 59.3 Å². The van der Waals surface area contributed by atoms with Crippen LogP contribution in [0.15, 0.2) is 24.3 Å². The third-order valence-electron chi connectivity index (χ3n) is 4.23.